The number of likely N-dealkylation sites (tertiary alicyclic amines) is 1. The van der Waals surface area contributed by atoms with E-state index in [4.69, 9.17) is 5.14 Å². The standard InChI is InChI=1S/C15H23N3O3S/c1-12-5-2-3-9-18(12)10-8-17-15(19)13-6-4-7-14(11-13)22(16,20)21/h4,6-7,11-12H,2-3,5,8-10H2,1H3,(H,17,19)(H2,16,20,21)/t12-/m1/s1. The van der Waals surface area contributed by atoms with Gasteiger partial charge in [-0.1, -0.05) is 12.5 Å². The Morgan fingerprint density at radius 2 is 2.18 bits per heavy atom. The fourth-order valence-corrected chi connectivity index (χ4v) is 3.28. The zero-order valence-corrected chi connectivity index (χ0v) is 13.6. The number of carbonyl (C=O) groups is 1. The zero-order valence-electron chi connectivity index (χ0n) is 12.8. The molecular weight excluding hydrogens is 302 g/mol. The van der Waals surface area contributed by atoms with Crippen molar-refractivity contribution in [2.75, 3.05) is 19.6 Å². The van der Waals surface area contributed by atoms with E-state index in [9.17, 15) is 13.2 Å². The quantitative estimate of drug-likeness (QED) is 0.842. The summed E-state index contributed by atoms with van der Waals surface area (Å²) >= 11 is 0. The fourth-order valence-electron chi connectivity index (χ4n) is 2.72. The Balaban J connectivity index is 1.90. The number of primary sulfonamides is 1. The van der Waals surface area contributed by atoms with Gasteiger partial charge in [0.25, 0.3) is 5.91 Å². The average Bonchev–Trinajstić information content (AvgIpc) is 2.48. The minimum absolute atomic E-state index is 0.0511. The Morgan fingerprint density at radius 1 is 1.41 bits per heavy atom. The van der Waals surface area contributed by atoms with Gasteiger partial charge in [-0.05, 0) is 44.5 Å². The van der Waals surface area contributed by atoms with Crippen molar-refractivity contribution in [3.63, 3.8) is 0 Å². The van der Waals surface area contributed by atoms with Crippen molar-refractivity contribution >= 4 is 15.9 Å². The van der Waals surface area contributed by atoms with Gasteiger partial charge in [0.2, 0.25) is 10.0 Å². The molecule has 22 heavy (non-hydrogen) atoms. The van der Waals surface area contributed by atoms with Gasteiger partial charge in [-0.2, -0.15) is 0 Å². The van der Waals surface area contributed by atoms with Gasteiger partial charge >= 0.3 is 0 Å². The van der Waals surface area contributed by atoms with Crippen LogP contribution < -0.4 is 10.5 Å². The number of hydrogen-bond donors (Lipinski definition) is 2. The second kappa shape index (κ2) is 7.21. The molecule has 0 unspecified atom stereocenters. The Bertz CT molecular complexity index is 631. The number of benzene rings is 1. The minimum Gasteiger partial charge on any atom is -0.351 e. The third-order valence-electron chi connectivity index (χ3n) is 4.05. The van der Waals surface area contributed by atoms with Gasteiger partial charge < -0.3 is 5.32 Å². The summed E-state index contributed by atoms with van der Waals surface area (Å²) in [5.74, 6) is -0.282. The van der Waals surface area contributed by atoms with Crippen molar-refractivity contribution in [2.45, 2.75) is 37.1 Å². The molecule has 122 valence electrons. The van der Waals surface area contributed by atoms with Crippen molar-refractivity contribution in [1.29, 1.82) is 0 Å². The van der Waals surface area contributed by atoms with E-state index in [-0.39, 0.29) is 10.8 Å². The van der Waals surface area contributed by atoms with Crippen LogP contribution in [0.1, 0.15) is 36.5 Å². The molecule has 0 saturated carbocycles. The van der Waals surface area contributed by atoms with Crippen molar-refractivity contribution in [3.05, 3.63) is 29.8 Å². The summed E-state index contributed by atoms with van der Waals surface area (Å²) in [5.41, 5.74) is 0.304. The van der Waals surface area contributed by atoms with Gasteiger partial charge in [0.15, 0.2) is 0 Å². The number of nitrogens with zero attached hydrogens (tertiary/aromatic N) is 1. The van der Waals surface area contributed by atoms with Crippen LogP contribution in [0.25, 0.3) is 0 Å². The maximum absolute atomic E-state index is 12.1. The number of hydrogen-bond acceptors (Lipinski definition) is 4. The maximum atomic E-state index is 12.1. The normalized spacial score (nSPS) is 19.8. The predicted molar refractivity (Wildman–Crippen MR) is 85.0 cm³/mol. The number of carbonyl (C=O) groups excluding carboxylic acids is 1. The SMILES string of the molecule is C[C@@H]1CCCCN1CCNC(=O)c1cccc(S(N)(=O)=O)c1. The summed E-state index contributed by atoms with van der Waals surface area (Å²) < 4.78 is 22.6. The molecule has 0 spiro atoms. The van der Waals surface area contributed by atoms with Crippen LogP contribution in [-0.2, 0) is 10.0 Å². The van der Waals surface area contributed by atoms with E-state index in [0.29, 0.717) is 18.2 Å². The van der Waals surface area contributed by atoms with Crippen LogP contribution in [0.5, 0.6) is 0 Å². The summed E-state index contributed by atoms with van der Waals surface area (Å²) in [5, 5.41) is 7.90. The molecule has 6 nitrogen and oxygen atoms in total. The molecule has 1 fully saturated rings. The van der Waals surface area contributed by atoms with E-state index in [0.717, 1.165) is 13.1 Å². The number of nitrogens with two attached hydrogens (primary N) is 1. The second-order valence-electron chi connectivity index (χ2n) is 5.71. The van der Waals surface area contributed by atoms with Crippen LogP contribution in [0, 0.1) is 0 Å². The van der Waals surface area contributed by atoms with Gasteiger partial charge in [-0.3, -0.25) is 9.69 Å². The highest BCUT2D eigenvalue weighted by Gasteiger charge is 2.18. The zero-order chi connectivity index (χ0) is 16.2. The van der Waals surface area contributed by atoms with Crippen LogP contribution in [0.2, 0.25) is 0 Å². The second-order valence-corrected chi connectivity index (χ2v) is 7.27. The Hall–Kier alpha value is -1.44. The van der Waals surface area contributed by atoms with Crippen LogP contribution in [0.3, 0.4) is 0 Å². The Morgan fingerprint density at radius 3 is 2.86 bits per heavy atom. The van der Waals surface area contributed by atoms with Gasteiger partial charge in [0.1, 0.15) is 0 Å². The summed E-state index contributed by atoms with van der Waals surface area (Å²) in [6, 6.07) is 6.32. The first-order valence-corrected chi connectivity index (χ1v) is 9.07. The van der Waals surface area contributed by atoms with Gasteiger partial charge in [0, 0.05) is 24.7 Å². The lowest BCUT2D eigenvalue weighted by Gasteiger charge is -2.33. The number of nitrogens with one attached hydrogen (secondary N) is 1. The first kappa shape index (κ1) is 16.9. The largest absolute Gasteiger partial charge is 0.351 e. The fraction of sp³-hybridized carbons (Fsp3) is 0.533. The summed E-state index contributed by atoms with van der Waals surface area (Å²) in [7, 11) is -3.79. The number of piperidine rings is 1. The van der Waals surface area contributed by atoms with E-state index in [2.05, 4.69) is 17.1 Å². The minimum atomic E-state index is -3.79. The van der Waals surface area contributed by atoms with Gasteiger partial charge in [-0.25, -0.2) is 13.6 Å². The molecule has 1 saturated heterocycles. The molecule has 1 aliphatic rings. The highest BCUT2D eigenvalue weighted by atomic mass is 32.2. The van der Waals surface area contributed by atoms with Crippen LogP contribution in [-0.4, -0.2) is 44.9 Å². The van der Waals surface area contributed by atoms with Crippen LogP contribution in [0.15, 0.2) is 29.2 Å². The van der Waals surface area contributed by atoms with Crippen molar-refractivity contribution in [1.82, 2.24) is 10.2 Å². The predicted octanol–water partition coefficient (Wildman–Crippen LogP) is 0.938. The number of amides is 1. The third kappa shape index (κ3) is 4.53. The first-order valence-electron chi connectivity index (χ1n) is 7.53. The molecule has 0 radical (unpaired) electrons. The van der Waals surface area contributed by atoms with E-state index in [1.165, 1.54) is 37.5 Å². The molecule has 1 heterocycles. The molecule has 0 aliphatic carbocycles. The van der Waals surface area contributed by atoms with E-state index in [1.807, 2.05) is 0 Å². The molecule has 0 bridgehead atoms. The van der Waals surface area contributed by atoms with E-state index >= 15 is 0 Å². The maximum Gasteiger partial charge on any atom is 0.251 e. The molecule has 1 aromatic carbocycles. The van der Waals surface area contributed by atoms with Crippen molar-refractivity contribution in [3.8, 4) is 0 Å². The monoisotopic (exact) mass is 325 g/mol. The molecule has 2 rings (SSSR count). The highest BCUT2D eigenvalue weighted by Crippen LogP contribution is 2.15. The molecule has 7 heteroatoms. The number of sulfonamides is 1. The van der Waals surface area contributed by atoms with Crippen LogP contribution >= 0.6 is 0 Å². The molecule has 3 N–H and O–H groups in total. The van der Waals surface area contributed by atoms with Crippen molar-refractivity contribution in [2.24, 2.45) is 5.14 Å². The summed E-state index contributed by atoms with van der Waals surface area (Å²) in [4.78, 5) is 14.4. The highest BCUT2D eigenvalue weighted by molar-refractivity contribution is 7.89. The lowest BCUT2D eigenvalue weighted by molar-refractivity contribution is 0.0938. The summed E-state index contributed by atoms with van der Waals surface area (Å²) in [6.45, 7) is 4.62. The average molecular weight is 325 g/mol. The van der Waals surface area contributed by atoms with E-state index in [1.54, 1.807) is 6.07 Å². The van der Waals surface area contributed by atoms with Crippen LogP contribution in [0.4, 0.5) is 0 Å². The third-order valence-corrected chi connectivity index (χ3v) is 4.96. The smallest absolute Gasteiger partial charge is 0.251 e. The van der Waals surface area contributed by atoms with Crippen molar-refractivity contribution < 1.29 is 13.2 Å². The summed E-state index contributed by atoms with van der Waals surface area (Å²) in [6.07, 6.45) is 3.67. The molecular formula is C15H23N3O3S. The molecule has 0 aromatic heterocycles. The van der Waals surface area contributed by atoms with Gasteiger partial charge in [-0.15, -0.1) is 0 Å². The first-order chi connectivity index (χ1) is 10.4. The Kier molecular flexibility index (Phi) is 5.55. The molecule has 1 atom stereocenters. The van der Waals surface area contributed by atoms with E-state index < -0.39 is 10.0 Å². The topological polar surface area (TPSA) is 92.5 Å². The Labute approximate surface area is 131 Å². The molecule has 1 aliphatic heterocycles. The lowest BCUT2D eigenvalue weighted by atomic mass is 10.0. The molecule has 1 amide bonds. The van der Waals surface area contributed by atoms with Gasteiger partial charge in [0.05, 0.1) is 4.90 Å². The molecule has 1 aromatic rings. The lowest BCUT2D eigenvalue weighted by Crippen LogP contribution is -2.42. The number of rotatable bonds is 5.